The van der Waals surface area contributed by atoms with E-state index in [1.54, 1.807) is 12.4 Å². The Labute approximate surface area is 231 Å². The summed E-state index contributed by atoms with van der Waals surface area (Å²) in [7, 11) is 0. The van der Waals surface area contributed by atoms with Crippen LogP contribution in [0.3, 0.4) is 0 Å². The Kier molecular flexibility index (Phi) is 15.3. The third-order valence-corrected chi connectivity index (χ3v) is 5.63. The second-order valence-corrected chi connectivity index (χ2v) is 7.85. The van der Waals surface area contributed by atoms with E-state index in [2.05, 4.69) is 64.1 Å². The zero-order valence-corrected chi connectivity index (χ0v) is 23.2. The zero-order chi connectivity index (χ0) is 22.2. The van der Waals surface area contributed by atoms with Gasteiger partial charge in [-0.1, -0.05) is 75.7 Å². The predicted molar refractivity (Wildman–Crippen MR) is 134 cm³/mol. The molecular formula is C27H30Cl3CoN3. The predicted octanol–water partition coefficient (Wildman–Crippen LogP) is 1.49. The van der Waals surface area contributed by atoms with Crippen molar-refractivity contribution in [3.05, 3.63) is 87.2 Å². The Hall–Kier alpha value is -1.69. The average molecular weight is 562 g/mol. The molecule has 0 fully saturated rings. The molecule has 3 rings (SSSR count). The maximum absolute atomic E-state index is 6.38. The van der Waals surface area contributed by atoms with Crippen molar-refractivity contribution in [1.82, 2.24) is 4.98 Å². The molecule has 0 atom stereocenters. The molecule has 34 heavy (non-hydrogen) atoms. The van der Waals surface area contributed by atoms with E-state index in [0.29, 0.717) is 5.02 Å². The standard InChI is InChI=1S/C27H30ClN3.2ClH.Co/c1-5-19-11-9-12-20(6-2)26(19)29-17-24-15-23(28)16-25(31-24)18-30-27-21(7-3)13-10-14-22(27)8-4;;;/h9-18H,5-8H2,1-4H3;2*1H;/q;;;+2/p-2. The fourth-order valence-electron chi connectivity index (χ4n) is 3.69. The van der Waals surface area contributed by atoms with Gasteiger partial charge in [0.05, 0.1) is 35.2 Å². The van der Waals surface area contributed by atoms with Crippen LogP contribution in [0.1, 0.15) is 61.3 Å². The molecule has 3 aromatic rings. The quantitative estimate of drug-likeness (QED) is 0.384. The second kappa shape index (κ2) is 16.1. The first kappa shape index (κ1) is 32.3. The van der Waals surface area contributed by atoms with Gasteiger partial charge >= 0.3 is 16.8 Å². The first-order valence-corrected chi connectivity index (χ1v) is 11.4. The molecule has 0 saturated carbocycles. The molecule has 7 heteroatoms. The van der Waals surface area contributed by atoms with E-state index in [-0.39, 0.29) is 41.6 Å². The maximum Gasteiger partial charge on any atom is 2.00 e. The van der Waals surface area contributed by atoms with Gasteiger partial charge in [0.1, 0.15) is 0 Å². The molecular weight excluding hydrogens is 532 g/mol. The molecule has 0 aliphatic rings. The monoisotopic (exact) mass is 560 g/mol. The molecule has 0 bridgehead atoms. The molecule has 0 aliphatic carbocycles. The fourth-order valence-corrected chi connectivity index (χ4v) is 3.92. The Morgan fingerprint density at radius 3 is 1.29 bits per heavy atom. The summed E-state index contributed by atoms with van der Waals surface area (Å²) in [5, 5.41) is 0.622. The smallest absolute Gasteiger partial charge is 1.00 e. The summed E-state index contributed by atoms with van der Waals surface area (Å²) in [5.74, 6) is 0. The fraction of sp³-hybridized carbons (Fsp3) is 0.296. The van der Waals surface area contributed by atoms with E-state index in [1.807, 2.05) is 12.1 Å². The normalized spacial score (nSPS) is 10.6. The van der Waals surface area contributed by atoms with Gasteiger partial charge in [-0.15, -0.1) is 0 Å². The number of benzene rings is 2. The molecule has 2 aromatic carbocycles. The van der Waals surface area contributed by atoms with E-state index in [9.17, 15) is 0 Å². The second-order valence-electron chi connectivity index (χ2n) is 7.42. The van der Waals surface area contributed by atoms with Gasteiger partial charge in [0.25, 0.3) is 0 Å². The van der Waals surface area contributed by atoms with Crippen molar-refractivity contribution in [3.63, 3.8) is 0 Å². The molecule has 1 radical (unpaired) electrons. The average Bonchev–Trinajstić information content (AvgIpc) is 2.80. The number of rotatable bonds is 8. The molecule has 1 aromatic heterocycles. The molecule has 3 nitrogen and oxygen atoms in total. The van der Waals surface area contributed by atoms with Crippen LogP contribution in [0.2, 0.25) is 5.02 Å². The topological polar surface area (TPSA) is 37.6 Å². The van der Waals surface area contributed by atoms with Crippen LogP contribution < -0.4 is 24.8 Å². The zero-order valence-electron chi connectivity index (χ0n) is 19.9. The summed E-state index contributed by atoms with van der Waals surface area (Å²) in [6, 6.07) is 16.4. The molecule has 0 saturated heterocycles. The molecule has 0 N–H and O–H groups in total. The Bertz CT molecular complexity index is 986. The molecule has 183 valence electrons. The van der Waals surface area contributed by atoms with Gasteiger partial charge in [0, 0.05) is 5.02 Å². The van der Waals surface area contributed by atoms with Gasteiger partial charge in [0.2, 0.25) is 0 Å². The molecule has 1 heterocycles. The summed E-state index contributed by atoms with van der Waals surface area (Å²) in [5.41, 5.74) is 8.47. The first-order valence-electron chi connectivity index (χ1n) is 11.1. The minimum absolute atomic E-state index is 0. The maximum atomic E-state index is 6.38. The van der Waals surface area contributed by atoms with Crippen molar-refractivity contribution in [3.8, 4) is 0 Å². The third-order valence-electron chi connectivity index (χ3n) is 5.41. The van der Waals surface area contributed by atoms with Crippen LogP contribution >= 0.6 is 11.6 Å². The van der Waals surface area contributed by atoms with Crippen molar-refractivity contribution < 1.29 is 41.6 Å². The Morgan fingerprint density at radius 2 is 1.00 bits per heavy atom. The number of hydrogen-bond donors (Lipinski definition) is 0. The van der Waals surface area contributed by atoms with Gasteiger partial charge in [-0.05, 0) is 60.1 Å². The van der Waals surface area contributed by atoms with Crippen LogP contribution in [0.15, 0.2) is 58.5 Å². The van der Waals surface area contributed by atoms with E-state index >= 15 is 0 Å². The molecule has 0 amide bonds. The van der Waals surface area contributed by atoms with Crippen molar-refractivity contribution in [2.75, 3.05) is 0 Å². The van der Waals surface area contributed by atoms with Crippen molar-refractivity contribution in [1.29, 1.82) is 0 Å². The number of halogens is 3. The van der Waals surface area contributed by atoms with E-state index in [0.717, 1.165) is 48.4 Å². The van der Waals surface area contributed by atoms with Crippen LogP contribution in [0.5, 0.6) is 0 Å². The minimum Gasteiger partial charge on any atom is -1.00 e. The van der Waals surface area contributed by atoms with Crippen LogP contribution in [0.4, 0.5) is 11.4 Å². The van der Waals surface area contributed by atoms with Crippen molar-refractivity contribution >= 4 is 35.4 Å². The van der Waals surface area contributed by atoms with E-state index < -0.39 is 0 Å². The minimum atomic E-state index is 0. The SMILES string of the molecule is CCc1cccc(CC)c1N=Cc1cc(Cl)cc(C=Nc2c(CC)cccc2CC)n1.[Cl-].[Cl-].[Co+2]. The number of nitrogens with zero attached hydrogens (tertiary/aromatic N) is 3. The largest absolute Gasteiger partial charge is 2.00 e. The summed E-state index contributed by atoms with van der Waals surface area (Å²) in [6.07, 6.45) is 7.37. The Morgan fingerprint density at radius 1 is 0.676 bits per heavy atom. The van der Waals surface area contributed by atoms with Crippen LogP contribution in [0, 0.1) is 0 Å². The molecule has 0 aliphatic heterocycles. The summed E-state index contributed by atoms with van der Waals surface area (Å²) < 4.78 is 0. The number of aromatic nitrogens is 1. The van der Waals surface area contributed by atoms with Crippen molar-refractivity contribution in [2.24, 2.45) is 9.98 Å². The summed E-state index contributed by atoms with van der Waals surface area (Å²) >= 11 is 6.38. The van der Waals surface area contributed by atoms with Crippen molar-refractivity contribution in [2.45, 2.75) is 53.4 Å². The number of pyridine rings is 1. The number of aryl methyl sites for hydroxylation is 4. The Balaban J connectivity index is 0.00000363. The van der Waals surface area contributed by atoms with Crippen LogP contribution in [0.25, 0.3) is 0 Å². The third kappa shape index (κ3) is 8.21. The van der Waals surface area contributed by atoms with Gasteiger partial charge in [-0.2, -0.15) is 0 Å². The van der Waals surface area contributed by atoms with Crippen LogP contribution in [-0.2, 0) is 42.5 Å². The number of hydrogen-bond acceptors (Lipinski definition) is 3. The molecule has 0 unspecified atom stereocenters. The van der Waals surface area contributed by atoms with E-state index in [1.165, 1.54) is 22.3 Å². The first-order chi connectivity index (χ1) is 15.1. The van der Waals surface area contributed by atoms with E-state index in [4.69, 9.17) is 26.6 Å². The van der Waals surface area contributed by atoms with Gasteiger partial charge in [0.15, 0.2) is 0 Å². The van der Waals surface area contributed by atoms with Gasteiger partial charge in [-0.25, -0.2) is 4.98 Å². The van der Waals surface area contributed by atoms with Crippen LogP contribution in [-0.4, -0.2) is 17.4 Å². The number of aliphatic imine (C=N–C) groups is 2. The summed E-state index contributed by atoms with van der Waals surface area (Å²) in [6.45, 7) is 8.61. The molecule has 0 spiro atoms. The van der Waals surface area contributed by atoms with Gasteiger partial charge in [-0.3, -0.25) is 9.98 Å². The van der Waals surface area contributed by atoms with Gasteiger partial charge < -0.3 is 24.8 Å². The number of para-hydroxylation sites is 2. The summed E-state index contributed by atoms with van der Waals surface area (Å²) in [4.78, 5) is 14.3.